The summed E-state index contributed by atoms with van der Waals surface area (Å²) in [7, 11) is 0. The maximum absolute atomic E-state index is 12.3. The minimum absolute atomic E-state index is 0. The second kappa shape index (κ2) is 8.66. The van der Waals surface area contributed by atoms with Gasteiger partial charge in [-0.2, -0.15) is 0 Å². The number of nitrogens with two attached hydrogens (primary N) is 1. The fraction of sp³-hybridized carbons (Fsp3) is 0.562. The standard InChI is InChI=1S/C16H24N2OS.ClH/c1-12-6-3-4-8-15(12)20-11-16(19)18-9-5-7-14(10-18)13(2)17;/h3-4,6,8,13-14H,5,7,9-11,17H2,1-2H3;1H. The van der Waals surface area contributed by atoms with Crippen LogP contribution in [0, 0.1) is 12.8 Å². The third-order valence-corrected chi connectivity index (χ3v) is 5.16. The van der Waals surface area contributed by atoms with Crippen LogP contribution in [0.3, 0.4) is 0 Å². The van der Waals surface area contributed by atoms with E-state index in [1.54, 1.807) is 11.8 Å². The molecule has 0 bridgehead atoms. The van der Waals surface area contributed by atoms with E-state index in [0.717, 1.165) is 25.9 Å². The molecule has 118 valence electrons. The van der Waals surface area contributed by atoms with Crippen LogP contribution < -0.4 is 5.73 Å². The lowest BCUT2D eigenvalue weighted by Gasteiger charge is -2.34. The van der Waals surface area contributed by atoms with Crippen LogP contribution in [0.4, 0.5) is 0 Å². The minimum atomic E-state index is 0. The van der Waals surface area contributed by atoms with Gasteiger partial charge in [-0.25, -0.2) is 0 Å². The smallest absolute Gasteiger partial charge is 0.232 e. The van der Waals surface area contributed by atoms with Crippen LogP contribution in [0.2, 0.25) is 0 Å². The number of amides is 1. The molecular weight excluding hydrogens is 304 g/mol. The van der Waals surface area contributed by atoms with Crippen molar-refractivity contribution in [2.24, 2.45) is 11.7 Å². The van der Waals surface area contributed by atoms with Crippen molar-refractivity contribution in [2.75, 3.05) is 18.8 Å². The summed E-state index contributed by atoms with van der Waals surface area (Å²) in [5.41, 5.74) is 7.20. The summed E-state index contributed by atoms with van der Waals surface area (Å²) >= 11 is 1.64. The fourth-order valence-electron chi connectivity index (χ4n) is 2.61. The number of aryl methyl sites for hydroxylation is 1. The lowest BCUT2D eigenvalue weighted by Crippen LogP contribution is -2.45. The second-order valence-electron chi connectivity index (χ2n) is 5.66. The molecular formula is C16H25ClN2OS. The van der Waals surface area contributed by atoms with Crippen molar-refractivity contribution in [2.45, 2.75) is 37.6 Å². The molecule has 1 amide bonds. The highest BCUT2D eigenvalue weighted by molar-refractivity contribution is 8.00. The van der Waals surface area contributed by atoms with E-state index in [4.69, 9.17) is 5.73 Å². The van der Waals surface area contributed by atoms with Crippen LogP contribution in [0.5, 0.6) is 0 Å². The van der Waals surface area contributed by atoms with Crippen molar-refractivity contribution >= 4 is 30.1 Å². The number of likely N-dealkylation sites (tertiary alicyclic amines) is 1. The average Bonchev–Trinajstić information content (AvgIpc) is 2.46. The lowest BCUT2D eigenvalue weighted by molar-refractivity contribution is -0.130. The molecule has 1 heterocycles. The van der Waals surface area contributed by atoms with Crippen molar-refractivity contribution in [3.63, 3.8) is 0 Å². The predicted octanol–water partition coefficient (Wildman–Crippen LogP) is 3.09. The van der Waals surface area contributed by atoms with Gasteiger partial charge in [0.25, 0.3) is 0 Å². The van der Waals surface area contributed by atoms with E-state index in [0.29, 0.717) is 11.7 Å². The molecule has 2 unspecified atom stereocenters. The summed E-state index contributed by atoms with van der Waals surface area (Å²) in [4.78, 5) is 15.5. The van der Waals surface area contributed by atoms with E-state index in [-0.39, 0.29) is 24.4 Å². The van der Waals surface area contributed by atoms with Crippen molar-refractivity contribution in [3.05, 3.63) is 29.8 Å². The molecule has 2 atom stereocenters. The molecule has 0 aliphatic carbocycles. The predicted molar refractivity (Wildman–Crippen MR) is 92.1 cm³/mol. The van der Waals surface area contributed by atoms with Gasteiger partial charge in [-0.15, -0.1) is 24.2 Å². The van der Waals surface area contributed by atoms with E-state index in [1.807, 2.05) is 24.0 Å². The molecule has 2 rings (SSSR count). The van der Waals surface area contributed by atoms with Gasteiger partial charge < -0.3 is 10.6 Å². The zero-order chi connectivity index (χ0) is 14.5. The molecule has 0 radical (unpaired) electrons. The third-order valence-electron chi connectivity index (χ3n) is 4.00. The fourth-order valence-corrected chi connectivity index (χ4v) is 3.55. The summed E-state index contributed by atoms with van der Waals surface area (Å²) in [5.74, 6) is 1.22. The van der Waals surface area contributed by atoms with Crippen LogP contribution in [-0.2, 0) is 4.79 Å². The normalized spacial score (nSPS) is 19.8. The summed E-state index contributed by atoms with van der Waals surface area (Å²) in [6.07, 6.45) is 2.22. The van der Waals surface area contributed by atoms with Gasteiger partial charge in [0.2, 0.25) is 5.91 Å². The number of thioether (sulfide) groups is 1. The van der Waals surface area contributed by atoms with Crippen LogP contribution in [-0.4, -0.2) is 35.7 Å². The molecule has 0 spiro atoms. The Bertz CT molecular complexity index is 467. The first-order valence-electron chi connectivity index (χ1n) is 7.29. The number of carbonyl (C=O) groups is 1. The quantitative estimate of drug-likeness (QED) is 0.864. The SMILES string of the molecule is Cc1ccccc1SCC(=O)N1CCCC(C(C)N)C1.Cl. The molecule has 21 heavy (non-hydrogen) atoms. The molecule has 1 aliphatic heterocycles. The summed E-state index contributed by atoms with van der Waals surface area (Å²) in [6.45, 7) is 5.84. The Morgan fingerprint density at radius 2 is 2.19 bits per heavy atom. The maximum Gasteiger partial charge on any atom is 0.232 e. The highest BCUT2D eigenvalue weighted by Crippen LogP contribution is 2.24. The largest absolute Gasteiger partial charge is 0.342 e. The number of benzene rings is 1. The average molecular weight is 329 g/mol. The zero-order valence-corrected chi connectivity index (χ0v) is 14.4. The number of nitrogens with zero attached hydrogens (tertiary/aromatic N) is 1. The van der Waals surface area contributed by atoms with Crippen molar-refractivity contribution in [1.82, 2.24) is 4.90 Å². The first-order chi connectivity index (χ1) is 9.58. The Kier molecular flexibility index (Phi) is 7.57. The molecule has 2 N–H and O–H groups in total. The highest BCUT2D eigenvalue weighted by atomic mass is 35.5. The Morgan fingerprint density at radius 1 is 1.48 bits per heavy atom. The first kappa shape index (κ1) is 18.3. The van der Waals surface area contributed by atoms with Gasteiger partial charge in [0.1, 0.15) is 0 Å². The Morgan fingerprint density at radius 3 is 2.86 bits per heavy atom. The Hall–Kier alpha value is -0.710. The zero-order valence-electron chi connectivity index (χ0n) is 12.7. The van der Waals surface area contributed by atoms with Gasteiger partial charge in [0.05, 0.1) is 5.75 Å². The number of halogens is 1. The Balaban J connectivity index is 0.00000220. The van der Waals surface area contributed by atoms with Gasteiger partial charge in [-0.3, -0.25) is 4.79 Å². The number of rotatable bonds is 4. The maximum atomic E-state index is 12.3. The number of carbonyl (C=O) groups excluding carboxylic acids is 1. The number of hydrogen-bond acceptors (Lipinski definition) is 3. The summed E-state index contributed by atoms with van der Waals surface area (Å²) in [5, 5.41) is 0. The van der Waals surface area contributed by atoms with Crippen molar-refractivity contribution in [1.29, 1.82) is 0 Å². The van der Waals surface area contributed by atoms with Gasteiger partial charge in [-0.05, 0) is 44.2 Å². The molecule has 0 saturated carbocycles. The van der Waals surface area contributed by atoms with E-state index in [1.165, 1.54) is 10.5 Å². The number of piperidine rings is 1. The molecule has 1 saturated heterocycles. The topological polar surface area (TPSA) is 46.3 Å². The highest BCUT2D eigenvalue weighted by Gasteiger charge is 2.25. The van der Waals surface area contributed by atoms with Crippen molar-refractivity contribution < 1.29 is 4.79 Å². The molecule has 1 aromatic carbocycles. The van der Waals surface area contributed by atoms with E-state index in [2.05, 4.69) is 19.1 Å². The molecule has 3 nitrogen and oxygen atoms in total. The number of hydrogen-bond donors (Lipinski definition) is 1. The monoisotopic (exact) mass is 328 g/mol. The van der Waals surface area contributed by atoms with E-state index in [9.17, 15) is 4.79 Å². The molecule has 1 aromatic rings. The second-order valence-corrected chi connectivity index (χ2v) is 6.67. The molecule has 1 fully saturated rings. The van der Waals surface area contributed by atoms with Gasteiger partial charge >= 0.3 is 0 Å². The van der Waals surface area contributed by atoms with Crippen LogP contribution in [0.15, 0.2) is 29.2 Å². The molecule has 5 heteroatoms. The minimum Gasteiger partial charge on any atom is -0.342 e. The van der Waals surface area contributed by atoms with Gasteiger partial charge in [0.15, 0.2) is 0 Å². The van der Waals surface area contributed by atoms with Gasteiger partial charge in [-0.1, -0.05) is 18.2 Å². The van der Waals surface area contributed by atoms with Crippen LogP contribution >= 0.6 is 24.2 Å². The lowest BCUT2D eigenvalue weighted by atomic mass is 9.92. The Labute approximate surface area is 138 Å². The van der Waals surface area contributed by atoms with E-state index >= 15 is 0 Å². The van der Waals surface area contributed by atoms with Crippen LogP contribution in [0.25, 0.3) is 0 Å². The summed E-state index contributed by atoms with van der Waals surface area (Å²) in [6, 6.07) is 8.38. The van der Waals surface area contributed by atoms with Crippen LogP contribution in [0.1, 0.15) is 25.3 Å². The van der Waals surface area contributed by atoms with E-state index < -0.39 is 0 Å². The van der Waals surface area contributed by atoms with Gasteiger partial charge in [0, 0.05) is 24.0 Å². The molecule has 1 aliphatic rings. The van der Waals surface area contributed by atoms with Crippen molar-refractivity contribution in [3.8, 4) is 0 Å². The first-order valence-corrected chi connectivity index (χ1v) is 8.28. The summed E-state index contributed by atoms with van der Waals surface area (Å²) < 4.78 is 0. The molecule has 0 aromatic heterocycles. The third kappa shape index (κ3) is 5.20.